The van der Waals surface area contributed by atoms with Crippen LogP contribution in [0.25, 0.3) is 27.9 Å². The lowest BCUT2D eigenvalue weighted by Crippen LogP contribution is -2.07. The van der Waals surface area contributed by atoms with Crippen molar-refractivity contribution in [2.24, 2.45) is 0 Å². The number of furan rings is 1. The van der Waals surface area contributed by atoms with Crippen LogP contribution in [0.4, 0.5) is 0 Å². The summed E-state index contributed by atoms with van der Waals surface area (Å²) in [6.45, 7) is 4.60. The standard InChI is InChI=1S/C30H22ClNO6/c1-4-32-15-18(22-13-20(35-3)6-7-23(22)32)12-26-29(33)28-16(2)9-21(14-25(28)38-26)36-30(34)27-11-17-10-19(31)5-8-24(17)37-27/h5-15H,4H2,1-3H3/b26-12-. The number of rotatable bonds is 5. The number of ketones is 1. The molecule has 5 aromatic rings. The van der Waals surface area contributed by atoms with E-state index in [9.17, 15) is 9.59 Å². The van der Waals surface area contributed by atoms with Gasteiger partial charge in [-0.15, -0.1) is 0 Å². The number of benzene rings is 3. The molecule has 1 aliphatic heterocycles. The smallest absolute Gasteiger partial charge is 0.379 e. The molecule has 2 aromatic heterocycles. The number of allylic oxidation sites excluding steroid dienone is 1. The summed E-state index contributed by atoms with van der Waals surface area (Å²) in [6, 6.07) is 15.7. The third-order valence-electron chi connectivity index (χ3n) is 6.58. The van der Waals surface area contributed by atoms with Gasteiger partial charge in [0.2, 0.25) is 11.5 Å². The molecule has 0 N–H and O–H groups in total. The first-order chi connectivity index (χ1) is 18.3. The van der Waals surface area contributed by atoms with E-state index in [-0.39, 0.29) is 23.1 Å². The predicted octanol–water partition coefficient (Wildman–Crippen LogP) is 7.21. The number of halogens is 1. The number of nitrogens with zero attached hydrogens (tertiary/aromatic N) is 1. The number of methoxy groups -OCH3 is 1. The van der Waals surface area contributed by atoms with Crippen molar-refractivity contribution in [2.45, 2.75) is 20.4 Å². The van der Waals surface area contributed by atoms with Gasteiger partial charge in [0.05, 0.1) is 12.7 Å². The Morgan fingerprint density at radius 1 is 1.08 bits per heavy atom. The number of Topliss-reactive ketones (excluding diaryl/α,β-unsaturated/α-hetero) is 1. The summed E-state index contributed by atoms with van der Waals surface area (Å²) in [7, 11) is 1.62. The largest absolute Gasteiger partial charge is 0.497 e. The number of hydrogen-bond donors (Lipinski definition) is 0. The number of hydrogen-bond acceptors (Lipinski definition) is 6. The molecule has 0 amide bonds. The van der Waals surface area contributed by atoms with Crippen molar-refractivity contribution in [1.29, 1.82) is 0 Å². The Morgan fingerprint density at radius 2 is 1.92 bits per heavy atom. The Bertz CT molecular complexity index is 1810. The highest BCUT2D eigenvalue weighted by Crippen LogP contribution is 2.39. The first-order valence-electron chi connectivity index (χ1n) is 12.0. The van der Waals surface area contributed by atoms with E-state index in [1.54, 1.807) is 50.4 Å². The van der Waals surface area contributed by atoms with Crippen LogP contribution in [-0.2, 0) is 6.54 Å². The molecule has 7 nitrogen and oxygen atoms in total. The van der Waals surface area contributed by atoms with E-state index in [2.05, 4.69) is 11.5 Å². The van der Waals surface area contributed by atoms with Gasteiger partial charge >= 0.3 is 5.97 Å². The Kier molecular flexibility index (Phi) is 5.73. The van der Waals surface area contributed by atoms with E-state index in [1.807, 2.05) is 24.4 Å². The van der Waals surface area contributed by atoms with Crippen molar-refractivity contribution < 1.29 is 28.2 Å². The van der Waals surface area contributed by atoms with Gasteiger partial charge in [-0.1, -0.05) is 11.6 Å². The second kappa shape index (κ2) is 9.11. The lowest BCUT2D eigenvalue weighted by atomic mass is 10.0. The molecule has 1 aliphatic rings. The van der Waals surface area contributed by atoms with Gasteiger partial charge in [-0.25, -0.2) is 4.79 Å². The molecule has 0 saturated carbocycles. The zero-order valence-electron chi connectivity index (χ0n) is 20.8. The number of carbonyl (C=O) groups is 2. The maximum atomic E-state index is 13.3. The monoisotopic (exact) mass is 527 g/mol. The van der Waals surface area contributed by atoms with Crippen LogP contribution in [0.3, 0.4) is 0 Å². The molecule has 3 aromatic carbocycles. The van der Waals surface area contributed by atoms with Gasteiger partial charge in [-0.2, -0.15) is 0 Å². The molecular formula is C30H22ClNO6. The van der Waals surface area contributed by atoms with Gasteiger partial charge in [-0.3, -0.25) is 4.79 Å². The van der Waals surface area contributed by atoms with Crippen molar-refractivity contribution >= 4 is 51.3 Å². The van der Waals surface area contributed by atoms with E-state index in [1.165, 1.54) is 6.07 Å². The molecule has 38 heavy (non-hydrogen) atoms. The van der Waals surface area contributed by atoms with Crippen LogP contribution >= 0.6 is 11.6 Å². The summed E-state index contributed by atoms with van der Waals surface area (Å²) in [5.74, 6) is 0.633. The summed E-state index contributed by atoms with van der Waals surface area (Å²) in [4.78, 5) is 26.1. The molecule has 190 valence electrons. The fourth-order valence-electron chi connectivity index (χ4n) is 4.76. The summed E-state index contributed by atoms with van der Waals surface area (Å²) in [5, 5.41) is 2.18. The van der Waals surface area contributed by atoms with E-state index in [0.717, 1.165) is 28.8 Å². The average molecular weight is 528 g/mol. The number of carbonyl (C=O) groups excluding carboxylic acids is 2. The minimum Gasteiger partial charge on any atom is -0.497 e. The summed E-state index contributed by atoms with van der Waals surface area (Å²) >= 11 is 6.02. The predicted molar refractivity (Wildman–Crippen MR) is 144 cm³/mol. The third-order valence-corrected chi connectivity index (χ3v) is 6.82. The van der Waals surface area contributed by atoms with Gasteiger partial charge in [0.1, 0.15) is 22.8 Å². The van der Waals surface area contributed by atoms with Crippen molar-refractivity contribution in [2.75, 3.05) is 7.11 Å². The van der Waals surface area contributed by atoms with Crippen LogP contribution in [0.2, 0.25) is 5.02 Å². The van der Waals surface area contributed by atoms with Crippen molar-refractivity contribution in [3.05, 3.63) is 94.0 Å². The molecule has 0 radical (unpaired) electrons. The molecule has 0 spiro atoms. The minimum atomic E-state index is -0.668. The molecule has 0 saturated heterocycles. The van der Waals surface area contributed by atoms with Crippen molar-refractivity contribution in [3.8, 4) is 17.2 Å². The molecular weight excluding hydrogens is 506 g/mol. The maximum Gasteiger partial charge on any atom is 0.379 e. The fraction of sp³-hybridized carbons (Fsp3) is 0.133. The second-order valence-electron chi connectivity index (χ2n) is 8.99. The van der Waals surface area contributed by atoms with Gasteiger partial charge in [0.15, 0.2) is 5.76 Å². The quantitative estimate of drug-likeness (QED) is 0.136. The van der Waals surface area contributed by atoms with Gasteiger partial charge in [-0.05, 0) is 74.0 Å². The Hall–Kier alpha value is -4.49. The Labute approximate surface area is 222 Å². The van der Waals surface area contributed by atoms with Gasteiger partial charge in [0.25, 0.3) is 0 Å². The normalized spacial score (nSPS) is 13.8. The van der Waals surface area contributed by atoms with E-state index < -0.39 is 5.97 Å². The lowest BCUT2D eigenvalue weighted by Gasteiger charge is -2.06. The molecule has 0 unspecified atom stereocenters. The highest BCUT2D eigenvalue weighted by atomic mass is 35.5. The second-order valence-corrected chi connectivity index (χ2v) is 9.43. The zero-order valence-corrected chi connectivity index (χ0v) is 21.6. The number of aromatic nitrogens is 1. The molecule has 0 atom stereocenters. The molecule has 3 heterocycles. The zero-order chi connectivity index (χ0) is 26.6. The van der Waals surface area contributed by atoms with E-state index in [0.29, 0.717) is 32.9 Å². The van der Waals surface area contributed by atoms with E-state index >= 15 is 0 Å². The van der Waals surface area contributed by atoms with Crippen molar-refractivity contribution in [3.63, 3.8) is 0 Å². The third kappa shape index (κ3) is 4.01. The number of aryl methyl sites for hydroxylation is 2. The topological polar surface area (TPSA) is 79.9 Å². The van der Waals surface area contributed by atoms with Crippen LogP contribution in [0.15, 0.2) is 71.0 Å². The number of fused-ring (bicyclic) bond motifs is 3. The molecule has 8 heteroatoms. The molecule has 0 aliphatic carbocycles. The first-order valence-corrected chi connectivity index (χ1v) is 12.4. The summed E-state index contributed by atoms with van der Waals surface area (Å²) < 4.78 is 24.6. The number of ether oxygens (including phenoxy) is 3. The van der Waals surface area contributed by atoms with Crippen LogP contribution in [0, 0.1) is 6.92 Å². The number of esters is 1. The van der Waals surface area contributed by atoms with Crippen LogP contribution in [0.1, 0.15) is 39.0 Å². The van der Waals surface area contributed by atoms with Crippen LogP contribution in [-0.4, -0.2) is 23.4 Å². The highest BCUT2D eigenvalue weighted by Gasteiger charge is 2.31. The molecule has 0 bridgehead atoms. The first kappa shape index (κ1) is 23.9. The molecule has 6 rings (SSSR count). The Morgan fingerprint density at radius 3 is 2.71 bits per heavy atom. The van der Waals surface area contributed by atoms with Gasteiger partial charge in [0, 0.05) is 45.7 Å². The summed E-state index contributed by atoms with van der Waals surface area (Å²) in [6.07, 6.45) is 3.72. The average Bonchev–Trinajstić information content (AvgIpc) is 3.57. The Balaban J connectivity index is 1.31. The summed E-state index contributed by atoms with van der Waals surface area (Å²) in [5.41, 5.74) is 3.46. The fourth-order valence-corrected chi connectivity index (χ4v) is 4.94. The van der Waals surface area contributed by atoms with Crippen LogP contribution in [0.5, 0.6) is 17.2 Å². The highest BCUT2D eigenvalue weighted by molar-refractivity contribution is 6.31. The van der Waals surface area contributed by atoms with Crippen molar-refractivity contribution in [1.82, 2.24) is 4.57 Å². The van der Waals surface area contributed by atoms with Crippen LogP contribution < -0.4 is 14.2 Å². The maximum absolute atomic E-state index is 13.3. The lowest BCUT2D eigenvalue weighted by molar-refractivity contribution is 0.0703. The van der Waals surface area contributed by atoms with Gasteiger partial charge < -0.3 is 23.2 Å². The van der Waals surface area contributed by atoms with E-state index in [4.69, 9.17) is 30.2 Å². The minimum absolute atomic E-state index is 0.0424. The SMILES string of the molecule is CCn1cc(/C=C2\Oc3cc(OC(=O)c4cc5cc(Cl)ccc5o4)cc(C)c3C2=O)c2cc(OC)ccc21. The molecule has 0 fully saturated rings.